The number of thioether (sulfide) groups is 1. The maximum atomic E-state index is 3.49. The fourth-order valence-corrected chi connectivity index (χ4v) is 3.86. The van der Waals surface area contributed by atoms with Gasteiger partial charge in [-0.1, -0.05) is 36.2 Å². The van der Waals surface area contributed by atoms with Gasteiger partial charge in [0.15, 0.2) is 0 Å². The molecule has 0 amide bonds. The van der Waals surface area contributed by atoms with Crippen molar-refractivity contribution in [2.45, 2.75) is 37.5 Å². The van der Waals surface area contributed by atoms with Crippen LogP contribution in [0.3, 0.4) is 0 Å². The van der Waals surface area contributed by atoms with E-state index in [0.717, 1.165) is 5.25 Å². The predicted octanol–water partition coefficient (Wildman–Crippen LogP) is 3.54. The zero-order valence-electron chi connectivity index (χ0n) is 10.2. The summed E-state index contributed by atoms with van der Waals surface area (Å²) in [5, 5.41) is 4.24. The zero-order chi connectivity index (χ0) is 11.4. The Morgan fingerprint density at radius 1 is 1.25 bits per heavy atom. The Labute approximate surface area is 103 Å². The summed E-state index contributed by atoms with van der Waals surface area (Å²) in [6.07, 6.45) is 4.14. The van der Waals surface area contributed by atoms with Gasteiger partial charge in [0.25, 0.3) is 0 Å². The van der Waals surface area contributed by atoms with Crippen molar-refractivity contribution in [1.82, 2.24) is 5.32 Å². The van der Waals surface area contributed by atoms with Crippen molar-refractivity contribution in [2.75, 3.05) is 12.8 Å². The highest BCUT2D eigenvalue weighted by Gasteiger charge is 2.23. The van der Waals surface area contributed by atoms with Crippen LogP contribution in [-0.4, -0.2) is 18.1 Å². The van der Waals surface area contributed by atoms with E-state index in [9.17, 15) is 0 Å². The van der Waals surface area contributed by atoms with Gasteiger partial charge in [-0.05, 0) is 38.1 Å². The highest BCUT2D eigenvalue weighted by Crippen LogP contribution is 2.34. The van der Waals surface area contributed by atoms with Crippen LogP contribution in [0.5, 0.6) is 0 Å². The van der Waals surface area contributed by atoms with Crippen molar-refractivity contribution in [1.29, 1.82) is 0 Å². The molecule has 0 saturated carbocycles. The Bertz CT molecular complexity index is 314. The molecule has 0 bridgehead atoms. The Balaban J connectivity index is 2.11. The first-order valence-electron chi connectivity index (χ1n) is 6.16. The van der Waals surface area contributed by atoms with E-state index in [1.54, 1.807) is 0 Å². The van der Waals surface area contributed by atoms with Gasteiger partial charge >= 0.3 is 0 Å². The molecule has 1 aromatic carbocycles. The molecule has 1 aromatic rings. The van der Waals surface area contributed by atoms with E-state index < -0.39 is 0 Å². The van der Waals surface area contributed by atoms with Crippen molar-refractivity contribution >= 4 is 11.8 Å². The molecule has 1 heterocycles. The molecule has 1 N–H and O–H groups in total. The number of nitrogens with one attached hydrogen (secondary N) is 1. The normalized spacial score (nSPS) is 23.0. The lowest BCUT2D eigenvalue weighted by atomic mass is 9.99. The van der Waals surface area contributed by atoms with Gasteiger partial charge in [0, 0.05) is 11.3 Å². The van der Waals surface area contributed by atoms with Crippen molar-refractivity contribution in [3.05, 3.63) is 35.4 Å². The summed E-state index contributed by atoms with van der Waals surface area (Å²) in [5.74, 6) is 1.33. The highest BCUT2D eigenvalue weighted by molar-refractivity contribution is 8.00. The van der Waals surface area contributed by atoms with Crippen molar-refractivity contribution in [3.8, 4) is 0 Å². The molecule has 1 aliphatic heterocycles. The average Bonchev–Trinajstić information content (AvgIpc) is 2.34. The summed E-state index contributed by atoms with van der Waals surface area (Å²) in [4.78, 5) is 0. The number of benzene rings is 1. The van der Waals surface area contributed by atoms with Crippen LogP contribution in [0.2, 0.25) is 0 Å². The summed E-state index contributed by atoms with van der Waals surface area (Å²) < 4.78 is 0. The molecule has 1 nitrogen and oxygen atoms in total. The fraction of sp³-hybridized carbons (Fsp3) is 0.571. The number of hydrogen-bond donors (Lipinski definition) is 1. The topological polar surface area (TPSA) is 12.0 Å². The van der Waals surface area contributed by atoms with E-state index in [1.807, 2.05) is 0 Å². The molecule has 1 aliphatic rings. The lowest BCUT2D eigenvalue weighted by Crippen LogP contribution is -2.29. The van der Waals surface area contributed by atoms with Gasteiger partial charge in [0.05, 0.1) is 0 Å². The van der Waals surface area contributed by atoms with E-state index in [0.29, 0.717) is 6.04 Å². The molecule has 1 saturated heterocycles. The highest BCUT2D eigenvalue weighted by atomic mass is 32.2. The maximum Gasteiger partial charge on any atom is 0.0438 e. The molecule has 0 aromatic heterocycles. The van der Waals surface area contributed by atoms with Crippen LogP contribution in [0.15, 0.2) is 24.3 Å². The first kappa shape index (κ1) is 12.0. The smallest absolute Gasteiger partial charge is 0.0438 e. The third-order valence-electron chi connectivity index (χ3n) is 3.33. The maximum absolute atomic E-state index is 3.49. The van der Waals surface area contributed by atoms with Gasteiger partial charge in [0.2, 0.25) is 0 Å². The molecule has 2 heteroatoms. The average molecular weight is 235 g/mol. The number of rotatable bonds is 3. The molecule has 0 radical (unpaired) electrons. The lowest BCUT2D eigenvalue weighted by Gasteiger charge is -2.30. The molecule has 2 atom stereocenters. The summed E-state index contributed by atoms with van der Waals surface area (Å²) in [6.45, 7) is 2.15. The van der Waals surface area contributed by atoms with Gasteiger partial charge in [-0.2, -0.15) is 11.8 Å². The third-order valence-corrected chi connectivity index (χ3v) is 4.79. The number of hydrogen-bond acceptors (Lipinski definition) is 2. The molecule has 88 valence electrons. The van der Waals surface area contributed by atoms with E-state index in [2.05, 4.69) is 55.3 Å². The van der Waals surface area contributed by atoms with Gasteiger partial charge in [-0.25, -0.2) is 0 Å². The predicted molar refractivity (Wildman–Crippen MR) is 73.1 cm³/mol. The van der Waals surface area contributed by atoms with Crippen LogP contribution in [-0.2, 0) is 0 Å². The Morgan fingerprint density at radius 3 is 2.56 bits per heavy atom. The quantitative estimate of drug-likeness (QED) is 0.860. The Kier molecular flexibility index (Phi) is 4.30. The van der Waals surface area contributed by atoms with Gasteiger partial charge in [-0.15, -0.1) is 0 Å². The van der Waals surface area contributed by atoms with Crippen LogP contribution in [0.25, 0.3) is 0 Å². The van der Waals surface area contributed by atoms with Crippen LogP contribution in [0, 0.1) is 6.92 Å². The molecule has 0 spiro atoms. The first-order valence-corrected chi connectivity index (χ1v) is 7.21. The molecule has 0 aliphatic carbocycles. The largest absolute Gasteiger partial charge is 0.312 e. The van der Waals surface area contributed by atoms with Gasteiger partial charge < -0.3 is 5.32 Å². The van der Waals surface area contributed by atoms with E-state index in [-0.39, 0.29) is 0 Å². The summed E-state index contributed by atoms with van der Waals surface area (Å²) in [5.41, 5.74) is 2.78. The molecular formula is C14H21NS. The minimum Gasteiger partial charge on any atom is -0.312 e. The zero-order valence-corrected chi connectivity index (χ0v) is 11.0. The van der Waals surface area contributed by atoms with Gasteiger partial charge in [-0.3, -0.25) is 0 Å². The molecule has 2 rings (SSSR count). The standard InChI is InChI=1S/C14H21NS/c1-11-6-8-12(9-7-11)14(15-2)13-5-3-4-10-16-13/h6-9,13-15H,3-5,10H2,1-2H3. The minimum atomic E-state index is 0.519. The van der Waals surface area contributed by atoms with Gasteiger partial charge in [0.1, 0.15) is 0 Å². The lowest BCUT2D eigenvalue weighted by molar-refractivity contribution is 0.516. The Morgan fingerprint density at radius 2 is 2.00 bits per heavy atom. The van der Waals surface area contributed by atoms with Crippen LogP contribution >= 0.6 is 11.8 Å². The molecular weight excluding hydrogens is 214 g/mol. The first-order chi connectivity index (χ1) is 7.81. The second-order valence-corrected chi connectivity index (χ2v) is 5.93. The Hall–Kier alpha value is -0.470. The second kappa shape index (κ2) is 5.74. The monoisotopic (exact) mass is 235 g/mol. The van der Waals surface area contributed by atoms with Crippen molar-refractivity contribution in [3.63, 3.8) is 0 Å². The van der Waals surface area contributed by atoms with Crippen LogP contribution in [0.4, 0.5) is 0 Å². The van der Waals surface area contributed by atoms with Crippen LogP contribution in [0.1, 0.15) is 36.4 Å². The van der Waals surface area contributed by atoms with Crippen LogP contribution < -0.4 is 5.32 Å². The summed E-state index contributed by atoms with van der Waals surface area (Å²) in [6, 6.07) is 9.49. The van der Waals surface area contributed by atoms with E-state index in [1.165, 1.54) is 36.1 Å². The molecule has 2 unspecified atom stereocenters. The minimum absolute atomic E-state index is 0.519. The van der Waals surface area contributed by atoms with E-state index in [4.69, 9.17) is 0 Å². The summed E-state index contributed by atoms with van der Waals surface area (Å²) >= 11 is 2.13. The summed E-state index contributed by atoms with van der Waals surface area (Å²) in [7, 11) is 2.08. The van der Waals surface area contributed by atoms with Crippen molar-refractivity contribution < 1.29 is 0 Å². The molecule has 1 fully saturated rings. The number of aryl methyl sites for hydroxylation is 1. The molecule has 16 heavy (non-hydrogen) atoms. The fourth-order valence-electron chi connectivity index (χ4n) is 2.37. The third kappa shape index (κ3) is 2.80. The second-order valence-electron chi connectivity index (χ2n) is 4.58. The van der Waals surface area contributed by atoms with E-state index >= 15 is 0 Å². The SMILES string of the molecule is CNC(c1ccc(C)cc1)C1CCCCS1. The van der Waals surface area contributed by atoms with Crippen molar-refractivity contribution in [2.24, 2.45) is 0 Å².